The second kappa shape index (κ2) is 7.97. The summed E-state index contributed by atoms with van der Waals surface area (Å²) in [5, 5.41) is -0.732. The molecule has 0 aliphatic rings. The summed E-state index contributed by atoms with van der Waals surface area (Å²) in [6, 6.07) is 11.4. The van der Waals surface area contributed by atoms with Gasteiger partial charge in [-0.25, -0.2) is 0 Å². The molecular weight excluding hydrogens is 372 g/mol. The van der Waals surface area contributed by atoms with Crippen molar-refractivity contribution in [3.05, 3.63) is 56.2 Å². The fourth-order valence-corrected chi connectivity index (χ4v) is 3.78. The van der Waals surface area contributed by atoms with E-state index in [-0.39, 0.29) is 5.97 Å². The minimum Gasteiger partial charge on any atom is -0.464 e. The van der Waals surface area contributed by atoms with Gasteiger partial charge in [-0.05, 0) is 52.9 Å². The standard InChI is InChI=1S/C16H16BrClO2S/c1-11-10-13(21-15(11)17)8-5-9-20-16(19)14(18)12-6-3-2-4-7-12/h2-4,6-7,10,14H,5,8-9H2,1H3. The summed E-state index contributed by atoms with van der Waals surface area (Å²) in [7, 11) is 0. The molecule has 0 aliphatic heterocycles. The number of carbonyl (C=O) groups excluding carboxylic acids is 1. The third-order valence-corrected chi connectivity index (χ3v) is 5.65. The molecular formula is C16H16BrClO2S. The van der Waals surface area contributed by atoms with Gasteiger partial charge >= 0.3 is 5.97 Å². The van der Waals surface area contributed by atoms with Gasteiger partial charge in [-0.15, -0.1) is 22.9 Å². The van der Waals surface area contributed by atoms with Crippen molar-refractivity contribution in [3.8, 4) is 0 Å². The molecule has 1 heterocycles. The van der Waals surface area contributed by atoms with Crippen LogP contribution in [0.1, 0.15) is 27.8 Å². The summed E-state index contributed by atoms with van der Waals surface area (Å²) in [5.41, 5.74) is 2.01. The van der Waals surface area contributed by atoms with Crippen LogP contribution < -0.4 is 0 Å². The average Bonchev–Trinajstić information content (AvgIpc) is 2.82. The minimum atomic E-state index is -0.732. The summed E-state index contributed by atoms with van der Waals surface area (Å²) in [4.78, 5) is 13.1. The molecule has 21 heavy (non-hydrogen) atoms. The van der Waals surface area contributed by atoms with Crippen LogP contribution in [0, 0.1) is 6.92 Å². The van der Waals surface area contributed by atoms with Gasteiger partial charge in [0.05, 0.1) is 10.4 Å². The molecule has 0 aliphatic carbocycles. The van der Waals surface area contributed by atoms with Gasteiger partial charge in [0.15, 0.2) is 5.38 Å². The summed E-state index contributed by atoms with van der Waals surface area (Å²) in [6.07, 6.45) is 1.71. The Morgan fingerprint density at radius 3 is 2.71 bits per heavy atom. The van der Waals surface area contributed by atoms with E-state index in [9.17, 15) is 4.79 Å². The number of thiophene rings is 1. The number of hydrogen-bond acceptors (Lipinski definition) is 3. The van der Waals surface area contributed by atoms with Crippen molar-refractivity contribution in [2.24, 2.45) is 0 Å². The maximum absolute atomic E-state index is 11.9. The molecule has 0 bridgehead atoms. The molecule has 0 fully saturated rings. The van der Waals surface area contributed by atoms with Crippen molar-refractivity contribution in [3.63, 3.8) is 0 Å². The molecule has 1 unspecified atom stereocenters. The van der Waals surface area contributed by atoms with E-state index in [0.29, 0.717) is 6.61 Å². The van der Waals surface area contributed by atoms with Gasteiger partial charge < -0.3 is 4.74 Å². The van der Waals surface area contributed by atoms with Crippen LogP contribution in [-0.2, 0) is 16.0 Å². The zero-order chi connectivity index (χ0) is 15.2. The first-order valence-corrected chi connectivity index (χ1v) is 8.73. The van der Waals surface area contributed by atoms with E-state index in [4.69, 9.17) is 16.3 Å². The second-order valence-corrected chi connectivity index (χ2v) is 7.60. The number of benzene rings is 1. The Kier molecular flexibility index (Phi) is 6.27. The van der Waals surface area contributed by atoms with Crippen molar-refractivity contribution in [1.29, 1.82) is 0 Å². The lowest BCUT2D eigenvalue weighted by atomic mass is 10.1. The highest BCUT2D eigenvalue weighted by Crippen LogP contribution is 2.28. The van der Waals surface area contributed by atoms with E-state index >= 15 is 0 Å². The van der Waals surface area contributed by atoms with Crippen LogP contribution in [-0.4, -0.2) is 12.6 Å². The Bertz CT molecular complexity index is 578. The molecule has 2 rings (SSSR count). The smallest absolute Gasteiger partial charge is 0.328 e. The number of alkyl halides is 1. The highest BCUT2D eigenvalue weighted by atomic mass is 79.9. The summed E-state index contributed by atoms with van der Waals surface area (Å²) >= 11 is 11.3. The summed E-state index contributed by atoms with van der Waals surface area (Å²) < 4.78 is 6.41. The first kappa shape index (κ1) is 16.5. The van der Waals surface area contributed by atoms with Crippen LogP contribution in [0.3, 0.4) is 0 Å². The highest BCUT2D eigenvalue weighted by Gasteiger charge is 2.18. The number of rotatable bonds is 6. The Labute approximate surface area is 142 Å². The molecule has 112 valence electrons. The lowest BCUT2D eigenvalue weighted by molar-refractivity contribution is -0.143. The fourth-order valence-electron chi connectivity index (χ4n) is 1.90. The van der Waals surface area contributed by atoms with Crippen LogP contribution in [0.15, 0.2) is 40.2 Å². The van der Waals surface area contributed by atoms with Crippen LogP contribution in [0.4, 0.5) is 0 Å². The van der Waals surface area contributed by atoms with E-state index in [2.05, 4.69) is 28.9 Å². The van der Waals surface area contributed by atoms with Crippen molar-refractivity contribution in [2.45, 2.75) is 25.1 Å². The number of esters is 1. The topological polar surface area (TPSA) is 26.3 Å². The number of ether oxygens (including phenoxy) is 1. The predicted molar refractivity (Wildman–Crippen MR) is 91.1 cm³/mol. The molecule has 0 spiro atoms. The van der Waals surface area contributed by atoms with Crippen molar-refractivity contribution in [2.75, 3.05) is 6.61 Å². The average molecular weight is 388 g/mol. The first-order valence-electron chi connectivity index (χ1n) is 6.68. The molecule has 1 aromatic heterocycles. The molecule has 0 saturated carbocycles. The lowest BCUT2D eigenvalue weighted by Gasteiger charge is -2.09. The zero-order valence-corrected chi connectivity index (χ0v) is 14.8. The zero-order valence-electron chi connectivity index (χ0n) is 11.6. The monoisotopic (exact) mass is 386 g/mol. The molecule has 5 heteroatoms. The quantitative estimate of drug-likeness (QED) is 0.383. The lowest BCUT2D eigenvalue weighted by Crippen LogP contribution is -2.12. The Hall–Kier alpha value is -0.840. The Morgan fingerprint density at radius 1 is 1.38 bits per heavy atom. The Morgan fingerprint density at radius 2 is 2.10 bits per heavy atom. The normalized spacial score (nSPS) is 12.1. The van der Waals surface area contributed by atoms with Crippen LogP contribution in [0.25, 0.3) is 0 Å². The number of carbonyl (C=O) groups is 1. The third kappa shape index (κ3) is 4.83. The number of hydrogen-bond donors (Lipinski definition) is 0. The second-order valence-electron chi connectivity index (χ2n) is 4.71. The van der Waals surface area contributed by atoms with Gasteiger partial charge in [0.2, 0.25) is 0 Å². The van der Waals surface area contributed by atoms with E-state index in [0.717, 1.165) is 18.4 Å². The van der Waals surface area contributed by atoms with Gasteiger partial charge in [0.25, 0.3) is 0 Å². The summed E-state index contributed by atoms with van der Waals surface area (Å²) in [6.45, 7) is 2.46. The van der Waals surface area contributed by atoms with Gasteiger partial charge in [-0.3, -0.25) is 4.79 Å². The molecule has 1 aromatic carbocycles. The molecule has 0 N–H and O–H groups in total. The van der Waals surface area contributed by atoms with Gasteiger partial charge in [-0.2, -0.15) is 0 Å². The molecule has 2 nitrogen and oxygen atoms in total. The van der Waals surface area contributed by atoms with Crippen molar-refractivity contribution >= 4 is 44.8 Å². The highest BCUT2D eigenvalue weighted by molar-refractivity contribution is 9.11. The van der Waals surface area contributed by atoms with E-state index in [1.807, 2.05) is 30.3 Å². The van der Waals surface area contributed by atoms with Crippen molar-refractivity contribution < 1.29 is 9.53 Å². The maximum Gasteiger partial charge on any atom is 0.328 e. The predicted octanol–water partition coefficient (Wildman–Crippen LogP) is 5.27. The summed E-state index contributed by atoms with van der Waals surface area (Å²) in [5.74, 6) is -0.383. The van der Waals surface area contributed by atoms with Crippen LogP contribution in [0.5, 0.6) is 0 Å². The van der Waals surface area contributed by atoms with E-state index < -0.39 is 5.38 Å². The van der Waals surface area contributed by atoms with E-state index in [1.54, 1.807) is 11.3 Å². The first-order chi connectivity index (χ1) is 10.1. The molecule has 2 aromatic rings. The molecule has 1 atom stereocenters. The van der Waals surface area contributed by atoms with Gasteiger partial charge in [0.1, 0.15) is 0 Å². The van der Waals surface area contributed by atoms with Crippen LogP contribution >= 0.6 is 38.9 Å². The third-order valence-electron chi connectivity index (χ3n) is 3.02. The SMILES string of the molecule is Cc1cc(CCCOC(=O)C(Cl)c2ccccc2)sc1Br. The van der Waals surface area contributed by atoms with Crippen LogP contribution in [0.2, 0.25) is 0 Å². The fraction of sp³-hybridized carbons (Fsp3) is 0.312. The van der Waals surface area contributed by atoms with Crippen molar-refractivity contribution in [1.82, 2.24) is 0 Å². The van der Waals surface area contributed by atoms with E-state index in [1.165, 1.54) is 14.2 Å². The largest absolute Gasteiger partial charge is 0.464 e. The minimum absolute atomic E-state index is 0.383. The molecule has 0 saturated heterocycles. The molecule has 0 radical (unpaired) electrons. The maximum atomic E-state index is 11.9. The number of halogens is 2. The Balaban J connectivity index is 1.74. The van der Waals surface area contributed by atoms with Gasteiger partial charge in [0, 0.05) is 4.88 Å². The van der Waals surface area contributed by atoms with Gasteiger partial charge in [-0.1, -0.05) is 30.3 Å². The molecule has 0 amide bonds. The number of aryl methyl sites for hydroxylation is 2.